The first-order chi connectivity index (χ1) is 11.1. The van der Waals surface area contributed by atoms with E-state index in [0.717, 1.165) is 5.56 Å². The highest BCUT2D eigenvalue weighted by Gasteiger charge is 2.31. The number of hydrogen-bond acceptors (Lipinski definition) is 4. The lowest BCUT2D eigenvalue weighted by atomic mass is 9.97. The van der Waals surface area contributed by atoms with Crippen LogP contribution in [0.2, 0.25) is 0 Å². The fourth-order valence-electron chi connectivity index (χ4n) is 3.07. The fourth-order valence-corrected chi connectivity index (χ4v) is 3.07. The number of carbonyl (C=O) groups is 2. The molecule has 1 aromatic carbocycles. The van der Waals surface area contributed by atoms with Crippen molar-refractivity contribution in [3.63, 3.8) is 0 Å². The molecule has 2 aromatic rings. The molecule has 0 saturated heterocycles. The fraction of sp³-hybridized carbons (Fsp3) is 0.353. The molecule has 120 valence electrons. The topological polar surface area (TPSA) is 81.4 Å². The Morgan fingerprint density at radius 1 is 1.35 bits per heavy atom. The maximum atomic E-state index is 11.8. The number of fused-ring (bicyclic) bond motifs is 1. The summed E-state index contributed by atoms with van der Waals surface area (Å²) in [5, 5.41) is 9.37. The van der Waals surface area contributed by atoms with Crippen molar-refractivity contribution >= 4 is 11.9 Å². The van der Waals surface area contributed by atoms with Gasteiger partial charge in [-0.1, -0.05) is 30.3 Å². The first kappa shape index (κ1) is 15.3. The summed E-state index contributed by atoms with van der Waals surface area (Å²) < 4.78 is 6.70. The van der Waals surface area contributed by atoms with Gasteiger partial charge in [0.05, 0.1) is 18.7 Å². The summed E-state index contributed by atoms with van der Waals surface area (Å²) in [7, 11) is 1.37. The molecule has 0 bridgehead atoms. The molecule has 0 fully saturated rings. The standard InChI is InChI=1S/C17H18N2O4/c1-23-17(22)12-7-8-13-15(16(20)21)18-14(19(13)10-12)9-11-5-3-2-4-6-11/h2-6,12H,7-10H2,1H3,(H,20,21). The number of carbonyl (C=O) groups excluding carboxylic acids is 1. The summed E-state index contributed by atoms with van der Waals surface area (Å²) >= 11 is 0. The lowest BCUT2D eigenvalue weighted by molar-refractivity contribution is -0.146. The molecular weight excluding hydrogens is 296 g/mol. The molecule has 2 heterocycles. The maximum Gasteiger partial charge on any atom is 0.356 e. The summed E-state index contributed by atoms with van der Waals surface area (Å²) in [5.41, 5.74) is 1.85. The van der Waals surface area contributed by atoms with Crippen molar-refractivity contribution in [3.8, 4) is 0 Å². The number of imidazole rings is 1. The van der Waals surface area contributed by atoms with Crippen LogP contribution in [0.3, 0.4) is 0 Å². The van der Waals surface area contributed by atoms with Gasteiger partial charge in [-0.15, -0.1) is 0 Å². The molecule has 0 radical (unpaired) electrons. The van der Waals surface area contributed by atoms with Gasteiger partial charge in [-0.25, -0.2) is 9.78 Å². The van der Waals surface area contributed by atoms with Crippen LogP contribution in [0, 0.1) is 5.92 Å². The van der Waals surface area contributed by atoms with Crippen molar-refractivity contribution in [3.05, 3.63) is 53.1 Å². The van der Waals surface area contributed by atoms with E-state index in [0.29, 0.717) is 37.3 Å². The molecule has 1 atom stereocenters. The maximum absolute atomic E-state index is 11.8. The summed E-state index contributed by atoms with van der Waals surface area (Å²) in [5.74, 6) is -0.855. The third-order valence-corrected chi connectivity index (χ3v) is 4.23. The Labute approximate surface area is 133 Å². The second kappa shape index (κ2) is 6.24. The highest BCUT2D eigenvalue weighted by molar-refractivity contribution is 5.87. The van der Waals surface area contributed by atoms with Crippen LogP contribution in [0.1, 0.15) is 34.0 Å². The van der Waals surface area contributed by atoms with Gasteiger partial charge in [0.2, 0.25) is 0 Å². The smallest absolute Gasteiger partial charge is 0.356 e. The highest BCUT2D eigenvalue weighted by Crippen LogP contribution is 2.26. The number of esters is 1. The first-order valence-electron chi connectivity index (χ1n) is 7.53. The van der Waals surface area contributed by atoms with Crippen LogP contribution in [-0.2, 0) is 28.9 Å². The van der Waals surface area contributed by atoms with Gasteiger partial charge < -0.3 is 14.4 Å². The van der Waals surface area contributed by atoms with Crippen LogP contribution in [0.25, 0.3) is 0 Å². The molecule has 0 aliphatic carbocycles. The van der Waals surface area contributed by atoms with E-state index >= 15 is 0 Å². The van der Waals surface area contributed by atoms with Gasteiger partial charge in [0.1, 0.15) is 5.82 Å². The number of aromatic nitrogens is 2. The summed E-state index contributed by atoms with van der Waals surface area (Å²) in [6.07, 6.45) is 1.64. The van der Waals surface area contributed by atoms with Crippen LogP contribution >= 0.6 is 0 Å². The second-order valence-corrected chi connectivity index (χ2v) is 5.66. The number of nitrogens with zero attached hydrogens (tertiary/aromatic N) is 2. The van der Waals surface area contributed by atoms with Crippen molar-refractivity contribution in [2.75, 3.05) is 7.11 Å². The Balaban J connectivity index is 1.97. The molecule has 1 aliphatic heterocycles. The molecule has 23 heavy (non-hydrogen) atoms. The molecule has 6 nitrogen and oxygen atoms in total. The van der Waals surface area contributed by atoms with E-state index in [1.165, 1.54) is 7.11 Å². The van der Waals surface area contributed by atoms with E-state index in [1.54, 1.807) is 0 Å². The minimum absolute atomic E-state index is 0.0965. The zero-order chi connectivity index (χ0) is 16.4. The zero-order valence-corrected chi connectivity index (χ0v) is 12.9. The molecule has 1 N–H and O–H groups in total. The Morgan fingerprint density at radius 2 is 2.09 bits per heavy atom. The number of aromatic carboxylic acids is 1. The van der Waals surface area contributed by atoms with Crippen LogP contribution in [0.4, 0.5) is 0 Å². The molecular formula is C17H18N2O4. The summed E-state index contributed by atoms with van der Waals surface area (Å²) in [4.78, 5) is 27.6. The number of hydrogen-bond donors (Lipinski definition) is 1. The van der Waals surface area contributed by atoms with Crippen molar-refractivity contribution in [2.24, 2.45) is 5.92 Å². The van der Waals surface area contributed by atoms with Gasteiger partial charge in [0.15, 0.2) is 5.69 Å². The largest absolute Gasteiger partial charge is 0.476 e. The third kappa shape index (κ3) is 2.97. The number of ether oxygens (including phenoxy) is 1. The SMILES string of the molecule is COC(=O)C1CCc2c(C(=O)O)nc(Cc3ccccc3)n2C1. The summed E-state index contributed by atoms with van der Waals surface area (Å²) in [6.45, 7) is 0.421. The first-order valence-corrected chi connectivity index (χ1v) is 7.53. The van der Waals surface area contributed by atoms with E-state index in [-0.39, 0.29) is 17.6 Å². The normalized spacial score (nSPS) is 16.7. The van der Waals surface area contributed by atoms with E-state index in [1.807, 2.05) is 34.9 Å². The van der Waals surface area contributed by atoms with Crippen molar-refractivity contribution in [1.82, 2.24) is 9.55 Å². The Kier molecular flexibility index (Phi) is 4.14. The predicted molar refractivity (Wildman–Crippen MR) is 82.3 cm³/mol. The third-order valence-electron chi connectivity index (χ3n) is 4.23. The Morgan fingerprint density at radius 3 is 2.74 bits per heavy atom. The molecule has 6 heteroatoms. The molecule has 1 aliphatic rings. The van der Waals surface area contributed by atoms with Gasteiger partial charge in [-0.2, -0.15) is 0 Å². The van der Waals surface area contributed by atoms with Gasteiger partial charge in [-0.05, 0) is 18.4 Å². The van der Waals surface area contributed by atoms with E-state index in [4.69, 9.17) is 4.74 Å². The van der Waals surface area contributed by atoms with Crippen LogP contribution in [0.15, 0.2) is 30.3 Å². The Hall–Kier alpha value is -2.63. The predicted octanol–water partition coefficient (Wildman–Crippen LogP) is 1.91. The van der Waals surface area contributed by atoms with Crippen molar-refractivity contribution in [1.29, 1.82) is 0 Å². The average Bonchev–Trinajstić information content (AvgIpc) is 2.93. The quantitative estimate of drug-likeness (QED) is 0.872. The molecule has 1 aromatic heterocycles. The van der Waals surface area contributed by atoms with E-state index in [2.05, 4.69) is 4.98 Å². The number of methoxy groups -OCH3 is 1. The molecule has 0 spiro atoms. The number of benzene rings is 1. The molecule has 3 rings (SSSR count). The van der Waals surface area contributed by atoms with Gasteiger partial charge >= 0.3 is 11.9 Å². The van der Waals surface area contributed by atoms with Crippen LogP contribution in [-0.4, -0.2) is 33.7 Å². The van der Waals surface area contributed by atoms with Crippen molar-refractivity contribution < 1.29 is 19.4 Å². The minimum Gasteiger partial charge on any atom is -0.476 e. The van der Waals surface area contributed by atoms with Gasteiger partial charge in [0, 0.05) is 13.0 Å². The number of rotatable bonds is 4. The Bertz CT molecular complexity index is 737. The monoisotopic (exact) mass is 314 g/mol. The lowest BCUT2D eigenvalue weighted by Gasteiger charge is -2.24. The average molecular weight is 314 g/mol. The molecule has 0 saturated carbocycles. The molecule has 1 unspecified atom stereocenters. The lowest BCUT2D eigenvalue weighted by Crippen LogP contribution is -2.29. The van der Waals surface area contributed by atoms with E-state index < -0.39 is 5.97 Å². The highest BCUT2D eigenvalue weighted by atomic mass is 16.5. The zero-order valence-electron chi connectivity index (χ0n) is 12.9. The summed E-state index contributed by atoms with van der Waals surface area (Å²) in [6, 6.07) is 9.75. The van der Waals surface area contributed by atoms with Crippen molar-refractivity contribution in [2.45, 2.75) is 25.8 Å². The minimum atomic E-state index is -1.02. The number of carboxylic acid groups (broad SMARTS) is 1. The van der Waals surface area contributed by atoms with Crippen LogP contribution < -0.4 is 0 Å². The van der Waals surface area contributed by atoms with Gasteiger partial charge in [0.25, 0.3) is 0 Å². The van der Waals surface area contributed by atoms with Crippen LogP contribution in [0.5, 0.6) is 0 Å². The number of carboxylic acids is 1. The van der Waals surface area contributed by atoms with E-state index in [9.17, 15) is 14.7 Å². The van der Waals surface area contributed by atoms with Gasteiger partial charge in [-0.3, -0.25) is 4.79 Å². The molecule has 0 amide bonds. The second-order valence-electron chi connectivity index (χ2n) is 5.66.